The number of nitrogens with one attached hydrogen (secondary N) is 1. The van der Waals surface area contributed by atoms with E-state index in [0.717, 1.165) is 57.5 Å². The van der Waals surface area contributed by atoms with Crippen LogP contribution in [0.4, 0.5) is 10.5 Å². The number of piperidine rings is 1. The Labute approximate surface area is 172 Å². The first-order valence-electron chi connectivity index (χ1n) is 10.8. The van der Waals surface area contributed by atoms with E-state index in [1.54, 1.807) is 0 Å². The molecule has 4 rings (SSSR count). The normalized spacial score (nSPS) is 21.7. The van der Waals surface area contributed by atoms with Gasteiger partial charge in [-0.15, -0.1) is 0 Å². The minimum absolute atomic E-state index is 0.0480. The van der Waals surface area contributed by atoms with Gasteiger partial charge in [0.15, 0.2) is 5.82 Å². The summed E-state index contributed by atoms with van der Waals surface area (Å²) in [6, 6.07) is 10.1. The van der Waals surface area contributed by atoms with E-state index in [1.807, 2.05) is 37.3 Å². The minimum atomic E-state index is 0.0480. The van der Waals surface area contributed by atoms with Gasteiger partial charge >= 0.3 is 6.03 Å². The predicted octanol–water partition coefficient (Wildman–Crippen LogP) is 4.07. The van der Waals surface area contributed by atoms with E-state index < -0.39 is 0 Å². The molecule has 1 N–H and O–H groups in total. The van der Waals surface area contributed by atoms with Gasteiger partial charge in [-0.3, -0.25) is 4.90 Å². The van der Waals surface area contributed by atoms with E-state index in [-0.39, 0.29) is 6.03 Å². The van der Waals surface area contributed by atoms with Crippen LogP contribution in [-0.2, 0) is 6.54 Å². The molecule has 2 amide bonds. The molecule has 3 heterocycles. The fourth-order valence-corrected chi connectivity index (χ4v) is 4.68. The maximum atomic E-state index is 13.1. The Morgan fingerprint density at radius 3 is 2.62 bits per heavy atom. The van der Waals surface area contributed by atoms with Gasteiger partial charge in [-0.2, -0.15) is 4.98 Å². The van der Waals surface area contributed by atoms with Gasteiger partial charge in [0.05, 0.1) is 6.54 Å². The van der Waals surface area contributed by atoms with Crippen molar-refractivity contribution in [3.8, 4) is 0 Å². The number of aryl methyl sites for hydroxylation is 1. The van der Waals surface area contributed by atoms with Crippen molar-refractivity contribution < 1.29 is 9.32 Å². The van der Waals surface area contributed by atoms with Crippen molar-refractivity contribution in [2.75, 3.05) is 25.0 Å². The standard InChI is InChI=1S/C22H31N5O2/c1-17-23-21(29-25-17)16-26-14-11-18(12-15-26)20-10-6-3-7-13-27(20)22(28)24-19-8-4-2-5-9-19/h2,4-5,8-9,18,20H,3,6-7,10-16H2,1H3,(H,24,28)/t20-/m0/s1. The number of anilines is 1. The van der Waals surface area contributed by atoms with E-state index in [2.05, 4.69) is 25.3 Å². The minimum Gasteiger partial charge on any atom is -0.338 e. The Bertz CT molecular complexity index is 786. The van der Waals surface area contributed by atoms with Gasteiger partial charge in [-0.25, -0.2) is 4.79 Å². The van der Waals surface area contributed by atoms with Gasteiger partial charge in [0.1, 0.15) is 0 Å². The van der Waals surface area contributed by atoms with E-state index in [9.17, 15) is 4.79 Å². The van der Waals surface area contributed by atoms with Crippen LogP contribution >= 0.6 is 0 Å². The van der Waals surface area contributed by atoms with E-state index in [4.69, 9.17) is 4.52 Å². The lowest BCUT2D eigenvalue weighted by Gasteiger charge is -2.40. The summed E-state index contributed by atoms with van der Waals surface area (Å²) < 4.78 is 5.27. The largest absolute Gasteiger partial charge is 0.338 e. The fraction of sp³-hybridized carbons (Fsp3) is 0.591. The molecule has 1 aromatic carbocycles. The summed E-state index contributed by atoms with van der Waals surface area (Å²) >= 11 is 0. The topological polar surface area (TPSA) is 74.5 Å². The second-order valence-corrected chi connectivity index (χ2v) is 8.26. The van der Waals surface area contributed by atoms with Gasteiger partial charge in [-0.1, -0.05) is 36.2 Å². The molecule has 0 unspecified atom stereocenters. The summed E-state index contributed by atoms with van der Waals surface area (Å²) in [4.78, 5) is 21.9. The summed E-state index contributed by atoms with van der Waals surface area (Å²) in [5.74, 6) is 1.93. The second kappa shape index (κ2) is 9.39. The van der Waals surface area contributed by atoms with Crippen LogP contribution in [0.2, 0.25) is 0 Å². The average Bonchev–Trinajstić information content (AvgIpc) is 2.99. The third-order valence-electron chi connectivity index (χ3n) is 6.19. The molecule has 0 spiro atoms. The molecule has 1 aromatic heterocycles. The third-order valence-corrected chi connectivity index (χ3v) is 6.19. The Kier molecular flexibility index (Phi) is 6.44. The van der Waals surface area contributed by atoms with Gasteiger partial charge in [0, 0.05) is 18.3 Å². The second-order valence-electron chi connectivity index (χ2n) is 8.26. The zero-order valence-corrected chi connectivity index (χ0v) is 17.2. The van der Waals surface area contributed by atoms with Crippen LogP contribution in [0.5, 0.6) is 0 Å². The molecular formula is C22H31N5O2. The summed E-state index contributed by atoms with van der Waals surface area (Å²) in [7, 11) is 0. The molecule has 0 aliphatic carbocycles. The van der Waals surface area contributed by atoms with Crippen LogP contribution in [-0.4, -0.2) is 51.6 Å². The molecule has 156 valence electrons. The third kappa shape index (κ3) is 5.15. The molecule has 7 heteroatoms. The Hall–Kier alpha value is -2.41. The van der Waals surface area contributed by atoms with Gasteiger partial charge < -0.3 is 14.7 Å². The molecule has 2 fully saturated rings. The highest BCUT2D eigenvalue weighted by Crippen LogP contribution is 2.31. The lowest BCUT2D eigenvalue weighted by atomic mass is 9.86. The number of benzene rings is 1. The van der Waals surface area contributed by atoms with Gasteiger partial charge in [0.2, 0.25) is 5.89 Å². The van der Waals surface area contributed by atoms with E-state index in [0.29, 0.717) is 23.7 Å². The van der Waals surface area contributed by atoms with Crippen LogP contribution in [0.1, 0.15) is 50.2 Å². The molecule has 2 aliphatic rings. The van der Waals surface area contributed by atoms with E-state index in [1.165, 1.54) is 12.8 Å². The van der Waals surface area contributed by atoms with Crippen LogP contribution in [0.15, 0.2) is 34.9 Å². The number of nitrogens with zero attached hydrogens (tertiary/aromatic N) is 4. The molecule has 7 nitrogen and oxygen atoms in total. The quantitative estimate of drug-likeness (QED) is 0.842. The SMILES string of the molecule is Cc1noc(CN2CCC([C@@H]3CCCCCN3C(=O)Nc3ccccc3)CC2)n1. The highest BCUT2D eigenvalue weighted by atomic mass is 16.5. The Balaban J connectivity index is 1.36. The summed E-state index contributed by atoms with van der Waals surface area (Å²) in [6.07, 6.45) is 6.83. The fourth-order valence-electron chi connectivity index (χ4n) is 4.68. The highest BCUT2D eigenvalue weighted by molar-refractivity contribution is 5.89. The summed E-state index contributed by atoms with van der Waals surface area (Å²) in [6.45, 7) is 5.44. The number of aromatic nitrogens is 2. The number of carbonyl (C=O) groups excluding carboxylic acids is 1. The molecular weight excluding hydrogens is 366 g/mol. The Morgan fingerprint density at radius 2 is 1.90 bits per heavy atom. The van der Waals surface area contributed by atoms with Crippen molar-refractivity contribution >= 4 is 11.7 Å². The number of hydrogen-bond acceptors (Lipinski definition) is 5. The molecule has 2 aliphatic heterocycles. The highest BCUT2D eigenvalue weighted by Gasteiger charge is 2.34. The van der Waals surface area contributed by atoms with Crippen LogP contribution in [0.25, 0.3) is 0 Å². The number of likely N-dealkylation sites (tertiary alicyclic amines) is 2. The van der Waals surface area contributed by atoms with Crippen molar-refractivity contribution in [2.45, 2.75) is 58.0 Å². The van der Waals surface area contributed by atoms with Crippen LogP contribution < -0.4 is 5.32 Å². The molecule has 2 saturated heterocycles. The lowest BCUT2D eigenvalue weighted by molar-refractivity contribution is 0.0974. The molecule has 29 heavy (non-hydrogen) atoms. The monoisotopic (exact) mass is 397 g/mol. The van der Waals surface area contributed by atoms with Crippen molar-refractivity contribution in [1.29, 1.82) is 0 Å². The molecule has 1 atom stereocenters. The maximum absolute atomic E-state index is 13.1. The number of amides is 2. The van der Waals surface area contributed by atoms with Crippen LogP contribution in [0, 0.1) is 12.8 Å². The number of rotatable bonds is 4. The number of carbonyl (C=O) groups is 1. The van der Waals surface area contributed by atoms with E-state index >= 15 is 0 Å². The number of hydrogen-bond donors (Lipinski definition) is 1. The number of urea groups is 1. The number of para-hydroxylation sites is 1. The van der Waals surface area contributed by atoms with Gasteiger partial charge in [0.25, 0.3) is 0 Å². The predicted molar refractivity (Wildman–Crippen MR) is 111 cm³/mol. The smallest absolute Gasteiger partial charge is 0.322 e. The summed E-state index contributed by atoms with van der Waals surface area (Å²) in [5.41, 5.74) is 0.866. The first-order chi connectivity index (χ1) is 14.2. The summed E-state index contributed by atoms with van der Waals surface area (Å²) in [5, 5.41) is 6.98. The molecule has 0 saturated carbocycles. The first-order valence-corrected chi connectivity index (χ1v) is 10.8. The van der Waals surface area contributed by atoms with Gasteiger partial charge in [-0.05, 0) is 63.7 Å². The Morgan fingerprint density at radius 1 is 1.10 bits per heavy atom. The molecule has 0 bridgehead atoms. The zero-order chi connectivity index (χ0) is 20.1. The van der Waals surface area contributed by atoms with Crippen molar-refractivity contribution in [3.63, 3.8) is 0 Å². The molecule has 0 radical (unpaired) electrons. The zero-order valence-electron chi connectivity index (χ0n) is 17.2. The van der Waals surface area contributed by atoms with Crippen LogP contribution in [0.3, 0.4) is 0 Å². The first kappa shape index (κ1) is 19.9. The van der Waals surface area contributed by atoms with Crippen molar-refractivity contribution in [1.82, 2.24) is 19.9 Å². The van der Waals surface area contributed by atoms with Crippen molar-refractivity contribution in [3.05, 3.63) is 42.0 Å². The molecule has 2 aromatic rings. The maximum Gasteiger partial charge on any atom is 0.322 e. The lowest BCUT2D eigenvalue weighted by Crippen LogP contribution is -2.49. The average molecular weight is 398 g/mol. The van der Waals surface area contributed by atoms with Crippen molar-refractivity contribution in [2.24, 2.45) is 5.92 Å².